The van der Waals surface area contributed by atoms with Crippen LogP contribution in [0.3, 0.4) is 0 Å². The maximum atomic E-state index is 10.9. The van der Waals surface area contributed by atoms with E-state index in [4.69, 9.17) is 26.1 Å². The van der Waals surface area contributed by atoms with Crippen LogP contribution >= 0.6 is 11.6 Å². The molecule has 0 bridgehead atoms. The molecule has 0 fully saturated rings. The second-order valence-electron chi connectivity index (χ2n) is 7.28. The molecule has 0 radical (unpaired) electrons. The van der Waals surface area contributed by atoms with Crippen molar-refractivity contribution in [2.75, 3.05) is 13.7 Å². The van der Waals surface area contributed by atoms with E-state index in [0.29, 0.717) is 23.8 Å². The third kappa shape index (κ3) is 4.53. The molecule has 5 nitrogen and oxygen atoms in total. The zero-order valence-corrected chi connectivity index (χ0v) is 18.3. The molecule has 0 aromatic heterocycles. The van der Waals surface area contributed by atoms with Crippen LogP contribution in [0, 0.1) is 0 Å². The van der Waals surface area contributed by atoms with Crippen molar-refractivity contribution in [3.8, 4) is 17.2 Å². The van der Waals surface area contributed by atoms with Gasteiger partial charge in [-0.15, -0.1) is 0 Å². The number of phenols is 1. The van der Waals surface area contributed by atoms with Gasteiger partial charge >= 0.3 is 0 Å². The van der Waals surface area contributed by atoms with Gasteiger partial charge in [0, 0.05) is 34.3 Å². The molecule has 1 aliphatic heterocycles. The molecule has 0 saturated carbocycles. The highest BCUT2D eigenvalue weighted by molar-refractivity contribution is 6.30. The topological polar surface area (TPSA) is 63.1 Å². The molecular formula is C25H25ClN2O3. The van der Waals surface area contributed by atoms with Crippen LogP contribution in [0.25, 0.3) is 0 Å². The zero-order valence-electron chi connectivity index (χ0n) is 17.5. The van der Waals surface area contributed by atoms with Crippen LogP contribution in [0.2, 0.25) is 5.02 Å². The molecule has 2 atom stereocenters. The number of nitrogens with zero attached hydrogens (tertiary/aromatic N) is 1. The van der Waals surface area contributed by atoms with E-state index in [-0.39, 0.29) is 18.0 Å². The van der Waals surface area contributed by atoms with Crippen molar-refractivity contribution in [3.63, 3.8) is 0 Å². The quantitative estimate of drug-likeness (QED) is 0.522. The van der Waals surface area contributed by atoms with Crippen molar-refractivity contribution in [1.29, 1.82) is 0 Å². The first-order valence-corrected chi connectivity index (χ1v) is 10.6. The molecule has 0 amide bonds. The molecular weight excluding hydrogens is 412 g/mol. The number of aromatic hydroxyl groups is 1. The highest BCUT2D eigenvalue weighted by Gasteiger charge is 2.29. The van der Waals surface area contributed by atoms with E-state index in [1.165, 1.54) is 0 Å². The number of phenolic OH excluding ortho intramolecular Hbond substituents is 1. The molecule has 0 unspecified atom stereocenters. The first-order chi connectivity index (χ1) is 15.1. The minimum absolute atomic E-state index is 0.151. The van der Waals surface area contributed by atoms with E-state index in [1.54, 1.807) is 13.2 Å². The van der Waals surface area contributed by atoms with E-state index in [9.17, 15) is 5.11 Å². The minimum atomic E-state index is -0.337. The summed E-state index contributed by atoms with van der Waals surface area (Å²) < 4.78 is 11.2. The van der Waals surface area contributed by atoms with Gasteiger partial charge < -0.3 is 14.6 Å². The Morgan fingerprint density at radius 3 is 2.45 bits per heavy atom. The molecule has 0 aliphatic carbocycles. The van der Waals surface area contributed by atoms with E-state index in [0.717, 1.165) is 28.2 Å². The van der Waals surface area contributed by atoms with Crippen molar-refractivity contribution in [3.05, 3.63) is 88.4 Å². The fraction of sp³-hybridized carbons (Fsp3) is 0.240. The third-order valence-corrected chi connectivity index (χ3v) is 5.61. The molecule has 31 heavy (non-hydrogen) atoms. The Labute approximate surface area is 187 Å². The normalized spacial score (nSPS) is 18.4. The molecule has 1 aliphatic rings. The molecule has 3 aromatic rings. The number of ether oxygens (including phenoxy) is 2. The van der Waals surface area contributed by atoms with Gasteiger partial charge in [-0.3, -0.25) is 10.3 Å². The largest absolute Gasteiger partial charge is 0.504 e. The molecule has 6 heteroatoms. The smallest absolute Gasteiger partial charge is 0.162 e. The van der Waals surface area contributed by atoms with Crippen LogP contribution < -0.4 is 14.8 Å². The lowest BCUT2D eigenvalue weighted by Gasteiger charge is -2.31. The van der Waals surface area contributed by atoms with Crippen LogP contribution in [-0.2, 0) is 0 Å². The first-order valence-electron chi connectivity index (χ1n) is 10.3. The van der Waals surface area contributed by atoms with Gasteiger partial charge in [0.05, 0.1) is 13.7 Å². The number of rotatable bonds is 6. The number of hydrogen-bond donors (Lipinski definition) is 2. The van der Waals surface area contributed by atoms with E-state index in [2.05, 4.69) is 5.32 Å². The predicted molar refractivity (Wildman–Crippen MR) is 123 cm³/mol. The highest BCUT2D eigenvalue weighted by atomic mass is 35.5. The van der Waals surface area contributed by atoms with Gasteiger partial charge in [0.25, 0.3) is 0 Å². The lowest BCUT2D eigenvalue weighted by molar-refractivity contribution is 0.313. The maximum Gasteiger partial charge on any atom is 0.162 e. The zero-order chi connectivity index (χ0) is 21.8. The van der Waals surface area contributed by atoms with E-state index < -0.39 is 0 Å². The Bertz CT molecular complexity index is 1080. The molecule has 0 spiro atoms. The Morgan fingerprint density at radius 2 is 1.71 bits per heavy atom. The monoisotopic (exact) mass is 436 g/mol. The van der Waals surface area contributed by atoms with Gasteiger partial charge in [-0.1, -0.05) is 54.1 Å². The summed E-state index contributed by atoms with van der Waals surface area (Å²) in [5.74, 6) is 1.39. The van der Waals surface area contributed by atoms with E-state index >= 15 is 0 Å². The Balaban J connectivity index is 1.78. The predicted octanol–water partition coefficient (Wildman–Crippen LogP) is 5.68. The van der Waals surface area contributed by atoms with Crippen LogP contribution in [0.1, 0.15) is 42.2 Å². The Morgan fingerprint density at radius 1 is 1.00 bits per heavy atom. The second-order valence-corrected chi connectivity index (χ2v) is 7.71. The molecule has 160 valence electrons. The first kappa shape index (κ1) is 21.2. The summed E-state index contributed by atoms with van der Waals surface area (Å²) in [6, 6.07) is 20.9. The summed E-state index contributed by atoms with van der Waals surface area (Å²) in [7, 11) is 1.65. The fourth-order valence-electron chi connectivity index (χ4n) is 3.87. The summed E-state index contributed by atoms with van der Waals surface area (Å²) in [5.41, 5.74) is 3.63. The van der Waals surface area contributed by atoms with Crippen LogP contribution in [-0.4, -0.2) is 24.5 Å². The number of para-hydroxylation sites is 2. The molecule has 1 heterocycles. The molecule has 2 N–H and O–H groups in total. The van der Waals surface area contributed by atoms with Crippen LogP contribution in [0.5, 0.6) is 17.2 Å². The fourth-order valence-corrected chi connectivity index (χ4v) is 3.99. The number of hydrogen-bond acceptors (Lipinski definition) is 5. The Hall–Kier alpha value is -3.02. The lowest BCUT2D eigenvalue weighted by atomic mass is 9.93. The van der Waals surface area contributed by atoms with Crippen molar-refractivity contribution < 1.29 is 14.6 Å². The summed E-state index contributed by atoms with van der Waals surface area (Å²) in [4.78, 5) is 4.99. The molecule has 4 rings (SSSR count). The second kappa shape index (κ2) is 9.41. The van der Waals surface area contributed by atoms with Crippen molar-refractivity contribution in [2.45, 2.75) is 25.6 Å². The van der Waals surface area contributed by atoms with Crippen LogP contribution in [0.4, 0.5) is 0 Å². The number of aliphatic imine (C=N–C) groups is 1. The number of benzene rings is 3. The van der Waals surface area contributed by atoms with Gasteiger partial charge in [0.2, 0.25) is 0 Å². The minimum Gasteiger partial charge on any atom is -0.504 e. The van der Waals surface area contributed by atoms with Gasteiger partial charge in [0.15, 0.2) is 11.5 Å². The maximum absolute atomic E-state index is 10.9. The Kier molecular flexibility index (Phi) is 6.44. The van der Waals surface area contributed by atoms with Gasteiger partial charge in [0.1, 0.15) is 11.9 Å². The van der Waals surface area contributed by atoms with Gasteiger partial charge in [-0.25, -0.2) is 0 Å². The average Bonchev–Trinajstić information content (AvgIpc) is 2.80. The summed E-state index contributed by atoms with van der Waals surface area (Å²) in [6.07, 6.45) is 0.270. The van der Waals surface area contributed by atoms with Crippen molar-refractivity contribution in [2.24, 2.45) is 4.99 Å². The number of nitrogens with one attached hydrogen (secondary N) is 1. The SMILES string of the molecule is CCOc1cccc([C@@H]2CC(c3ccc(Cl)cc3)=N[C@@H](c3ccccc3OC)N2)c1O. The average molecular weight is 437 g/mol. The third-order valence-electron chi connectivity index (χ3n) is 5.36. The molecule has 3 aromatic carbocycles. The number of halogens is 1. The van der Waals surface area contributed by atoms with Crippen molar-refractivity contribution >= 4 is 17.3 Å². The summed E-state index contributed by atoms with van der Waals surface area (Å²) in [5, 5.41) is 15.1. The number of methoxy groups -OCH3 is 1. The summed E-state index contributed by atoms with van der Waals surface area (Å²) in [6.45, 7) is 2.38. The lowest BCUT2D eigenvalue weighted by Crippen LogP contribution is -2.33. The molecule has 0 saturated heterocycles. The highest BCUT2D eigenvalue weighted by Crippen LogP contribution is 2.40. The van der Waals surface area contributed by atoms with Gasteiger partial charge in [-0.05, 0) is 36.8 Å². The van der Waals surface area contributed by atoms with Crippen molar-refractivity contribution in [1.82, 2.24) is 5.32 Å². The van der Waals surface area contributed by atoms with Gasteiger partial charge in [-0.2, -0.15) is 0 Å². The standard InChI is InChI=1S/C25H25ClN2O3/c1-3-31-23-10-6-8-18(24(23)29)21-15-20(16-11-13-17(26)14-12-16)27-25(28-21)19-7-4-5-9-22(19)30-2/h4-14,21,25,28-29H,3,15H2,1-2H3/t21-,25+/m0/s1. The summed E-state index contributed by atoms with van der Waals surface area (Å²) >= 11 is 6.09. The van der Waals surface area contributed by atoms with E-state index in [1.807, 2.05) is 67.6 Å². The van der Waals surface area contributed by atoms with Crippen LogP contribution in [0.15, 0.2) is 71.7 Å².